The summed E-state index contributed by atoms with van der Waals surface area (Å²) in [5.41, 5.74) is 0. The van der Waals surface area contributed by atoms with E-state index in [9.17, 15) is 0 Å². The molecule has 5 heteroatoms. The Balaban J connectivity index is 2.31. The SMILES string of the molecule is Cc1sc(C(Cl)c2ccc(Br)s2)cc1Br. The Hall–Kier alpha value is 0.650. The molecule has 2 aromatic heterocycles. The molecule has 0 aromatic carbocycles. The molecular formula is C10H7Br2ClS2. The van der Waals surface area contributed by atoms with Crippen LogP contribution >= 0.6 is 66.1 Å². The van der Waals surface area contributed by atoms with E-state index in [4.69, 9.17) is 11.6 Å². The molecule has 15 heavy (non-hydrogen) atoms. The van der Waals surface area contributed by atoms with Crippen molar-refractivity contribution in [1.29, 1.82) is 0 Å². The Kier molecular flexibility index (Phi) is 3.94. The first-order chi connectivity index (χ1) is 7.08. The van der Waals surface area contributed by atoms with Crippen LogP contribution in [-0.2, 0) is 0 Å². The van der Waals surface area contributed by atoms with E-state index in [0.717, 1.165) is 8.26 Å². The number of aryl methyl sites for hydroxylation is 1. The molecule has 0 aliphatic carbocycles. The maximum atomic E-state index is 6.41. The Labute approximate surface area is 119 Å². The highest BCUT2D eigenvalue weighted by Gasteiger charge is 2.16. The molecule has 0 nitrogen and oxygen atoms in total. The predicted molar refractivity (Wildman–Crippen MR) is 76.5 cm³/mol. The minimum Gasteiger partial charge on any atom is -0.143 e. The second kappa shape index (κ2) is 4.88. The Morgan fingerprint density at radius 1 is 1.20 bits per heavy atom. The summed E-state index contributed by atoms with van der Waals surface area (Å²) in [6.07, 6.45) is 0. The van der Waals surface area contributed by atoms with Crippen LogP contribution in [0.5, 0.6) is 0 Å². The van der Waals surface area contributed by atoms with Crippen LogP contribution in [-0.4, -0.2) is 0 Å². The monoisotopic (exact) mass is 384 g/mol. The van der Waals surface area contributed by atoms with Crippen molar-refractivity contribution in [2.45, 2.75) is 12.3 Å². The second-order valence-electron chi connectivity index (χ2n) is 3.06. The minimum absolute atomic E-state index is 0.0312. The van der Waals surface area contributed by atoms with Crippen molar-refractivity contribution in [1.82, 2.24) is 0 Å². The number of hydrogen-bond acceptors (Lipinski definition) is 2. The van der Waals surface area contributed by atoms with Gasteiger partial charge >= 0.3 is 0 Å². The second-order valence-corrected chi connectivity index (χ2v) is 8.13. The molecule has 80 valence electrons. The molecule has 0 aliphatic heterocycles. The van der Waals surface area contributed by atoms with Crippen molar-refractivity contribution in [3.63, 3.8) is 0 Å². The third kappa shape index (κ3) is 2.67. The zero-order valence-electron chi connectivity index (χ0n) is 7.76. The lowest BCUT2D eigenvalue weighted by Gasteiger charge is -2.02. The zero-order valence-corrected chi connectivity index (χ0v) is 13.3. The van der Waals surface area contributed by atoms with Gasteiger partial charge in [-0.15, -0.1) is 34.3 Å². The van der Waals surface area contributed by atoms with Gasteiger partial charge in [-0.25, -0.2) is 0 Å². The van der Waals surface area contributed by atoms with Crippen LogP contribution in [0.2, 0.25) is 0 Å². The minimum atomic E-state index is -0.0312. The number of thiophene rings is 2. The van der Waals surface area contributed by atoms with Gasteiger partial charge in [-0.2, -0.15) is 0 Å². The summed E-state index contributed by atoms with van der Waals surface area (Å²) in [6, 6.07) is 6.20. The fourth-order valence-corrected chi connectivity index (χ4v) is 4.67. The molecule has 0 aliphatic rings. The van der Waals surface area contributed by atoms with Gasteiger partial charge in [-0.05, 0) is 57.0 Å². The molecular weight excluding hydrogens is 380 g/mol. The molecule has 0 saturated carbocycles. The average molecular weight is 387 g/mol. The maximum absolute atomic E-state index is 6.41. The highest BCUT2D eigenvalue weighted by Crippen LogP contribution is 2.40. The smallest absolute Gasteiger partial charge is 0.102 e. The molecule has 1 atom stereocenters. The van der Waals surface area contributed by atoms with Gasteiger partial charge in [-0.1, -0.05) is 0 Å². The molecule has 0 amide bonds. The average Bonchev–Trinajstić information content (AvgIpc) is 2.74. The van der Waals surface area contributed by atoms with Gasteiger partial charge in [0, 0.05) is 19.1 Å². The van der Waals surface area contributed by atoms with Crippen LogP contribution < -0.4 is 0 Å². The molecule has 0 fully saturated rings. The van der Waals surface area contributed by atoms with Crippen LogP contribution in [0.4, 0.5) is 0 Å². The van der Waals surface area contributed by atoms with Crippen molar-refractivity contribution in [2.75, 3.05) is 0 Å². The number of rotatable bonds is 2. The molecule has 2 aromatic rings. The molecule has 2 heterocycles. The lowest BCUT2D eigenvalue weighted by molar-refractivity contribution is 1.24. The van der Waals surface area contributed by atoms with E-state index in [2.05, 4.69) is 50.9 Å². The van der Waals surface area contributed by atoms with Crippen molar-refractivity contribution >= 4 is 66.1 Å². The van der Waals surface area contributed by atoms with E-state index in [1.165, 1.54) is 14.6 Å². The molecule has 0 bridgehead atoms. The summed E-state index contributed by atoms with van der Waals surface area (Å²) in [4.78, 5) is 3.64. The molecule has 0 spiro atoms. The van der Waals surface area contributed by atoms with Gasteiger partial charge < -0.3 is 0 Å². The topological polar surface area (TPSA) is 0 Å². The van der Waals surface area contributed by atoms with Gasteiger partial charge in [0.15, 0.2) is 0 Å². The van der Waals surface area contributed by atoms with E-state index in [1.807, 2.05) is 6.07 Å². The largest absolute Gasteiger partial charge is 0.143 e. The highest BCUT2D eigenvalue weighted by molar-refractivity contribution is 9.11. The Morgan fingerprint density at radius 2 is 1.93 bits per heavy atom. The van der Waals surface area contributed by atoms with Crippen LogP contribution in [0.25, 0.3) is 0 Å². The summed E-state index contributed by atoms with van der Waals surface area (Å²) < 4.78 is 2.26. The van der Waals surface area contributed by atoms with E-state index < -0.39 is 0 Å². The standard InChI is InChI=1S/C10H7Br2ClS2/c1-5-6(11)4-8(14-5)10(13)7-2-3-9(12)15-7/h2-4,10H,1H3. The van der Waals surface area contributed by atoms with E-state index >= 15 is 0 Å². The van der Waals surface area contributed by atoms with Gasteiger partial charge in [0.05, 0.1) is 3.79 Å². The Morgan fingerprint density at radius 3 is 2.40 bits per heavy atom. The Bertz CT molecular complexity index is 456. The van der Waals surface area contributed by atoms with E-state index in [-0.39, 0.29) is 5.38 Å². The zero-order chi connectivity index (χ0) is 11.0. The van der Waals surface area contributed by atoms with E-state index in [0.29, 0.717) is 0 Å². The van der Waals surface area contributed by atoms with Crippen LogP contribution in [0.1, 0.15) is 20.0 Å². The number of alkyl halides is 1. The van der Waals surface area contributed by atoms with Crippen molar-refractivity contribution in [2.24, 2.45) is 0 Å². The first kappa shape index (κ1) is 12.1. The van der Waals surface area contributed by atoms with Gasteiger partial charge in [0.25, 0.3) is 0 Å². The summed E-state index contributed by atoms with van der Waals surface area (Å²) in [7, 11) is 0. The predicted octanol–water partition coefficient (Wildman–Crippen LogP) is 5.97. The molecule has 0 saturated heterocycles. The lowest BCUT2D eigenvalue weighted by atomic mass is 10.3. The summed E-state index contributed by atoms with van der Waals surface area (Å²) in [5.74, 6) is 0. The van der Waals surface area contributed by atoms with Gasteiger partial charge in [0.2, 0.25) is 0 Å². The van der Waals surface area contributed by atoms with Crippen LogP contribution in [0.3, 0.4) is 0 Å². The first-order valence-corrected chi connectivity index (χ1v) is 7.88. The van der Waals surface area contributed by atoms with Gasteiger partial charge in [0.1, 0.15) is 5.38 Å². The van der Waals surface area contributed by atoms with E-state index in [1.54, 1.807) is 22.7 Å². The quantitative estimate of drug-likeness (QED) is 0.558. The van der Waals surface area contributed by atoms with Crippen molar-refractivity contribution in [3.05, 3.63) is 41.1 Å². The number of hydrogen-bond donors (Lipinski definition) is 0. The molecule has 0 N–H and O–H groups in total. The molecule has 2 rings (SSSR count). The lowest BCUT2D eigenvalue weighted by Crippen LogP contribution is -1.84. The molecule has 1 unspecified atom stereocenters. The van der Waals surface area contributed by atoms with Gasteiger partial charge in [-0.3, -0.25) is 0 Å². The number of halogens is 3. The third-order valence-electron chi connectivity index (χ3n) is 1.97. The normalized spacial score (nSPS) is 13.1. The summed E-state index contributed by atoms with van der Waals surface area (Å²) in [5, 5.41) is -0.0312. The maximum Gasteiger partial charge on any atom is 0.102 e. The fourth-order valence-electron chi connectivity index (χ4n) is 1.21. The summed E-state index contributed by atoms with van der Waals surface area (Å²) >= 11 is 16.8. The van der Waals surface area contributed by atoms with Crippen molar-refractivity contribution in [3.8, 4) is 0 Å². The van der Waals surface area contributed by atoms with Crippen LogP contribution in [0.15, 0.2) is 26.5 Å². The molecule has 0 radical (unpaired) electrons. The van der Waals surface area contributed by atoms with Crippen molar-refractivity contribution < 1.29 is 0 Å². The van der Waals surface area contributed by atoms with Crippen LogP contribution in [0, 0.1) is 6.92 Å². The highest BCUT2D eigenvalue weighted by atomic mass is 79.9. The fraction of sp³-hybridized carbons (Fsp3) is 0.200. The third-order valence-corrected chi connectivity index (χ3v) is 6.59. The summed E-state index contributed by atoms with van der Waals surface area (Å²) in [6.45, 7) is 2.09. The first-order valence-electron chi connectivity index (χ1n) is 4.23.